The summed E-state index contributed by atoms with van der Waals surface area (Å²) in [6.45, 7) is 0. The van der Waals surface area contributed by atoms with Gasteiger partial charge in [-0.05, 0) is 0 Å². The third kappa shape index (κ3) is 2.49. The molecule has 3 rings (SSSR count). The highest BCUT2D eigenvalue weighted by Gasteiger charge is 2.26. The third-order valence-corrected chi connectivity index (χ3v) is 5.05. The van der Waals surface area contributed by atoms with E-state index in [-0.39, 0.29) is 0 Å². The Hall–Kier alpha value is -1.66. The monoisotopic (exact) mass is 326 g/mol. The lowest BCUT2D eigenvalue weighted by Crippen LogP contribution is -1.97. The molecule has 0 bridgehead atoms. The van der Waals surface area contributed by atoms with Gasteiger partial charge < -0.3 is 8.94 Å². The fourth-order valence-electron chi connectivity index (χ4n) is 2.01. The van der Waals surface area contributed by atoms with E-state index in [9.17, 15) is 9.36 Å². The molecule has 0 N–H and O–H groups in total. The van der Waals surface area contributed by atoms with Crippen LogP contribution < -0.4 is 9.46 Å². The van der Waals surface area contributed by atoms with Gasteiger partial charge in [0.15, 0.2) is 5.58 Å². The molecule has 0 aliphatic carbocycles. The number of rotatable bonds is 4. The van der Waals surface area contributed by atoms with E-state index in [1.54, 1.807) is 24.3 Å². The van der Waals surface area contributed by atoms with Gasteiger partial charge in [-0.25, -0.2) is 9.36 Å². The summed E-state index contributed by atoms with van der Waals surface area (Å²) < 4.78 is 32.9. The zero-order chi connectivity index (χ0) is 15.0. The van der Waals surface area contributed by atoms with E-state index in [1.165, 1.54) is 14.2 Å². The Balaban J connectivity index is 2.30. The maximum absolute atomic E-state index is 12.2. The number of phosphoric ester groups is 1. The van der Waals surface area contributed by atoms with Crippen LogP contribution in [0.4, 0.5) is 0 Å². The fraction of sp³-hybridized carbons (Fsp3) is 0.154. The van der Waals surface area contributed by atoms with E-state index in [4.69, 9.17) is 18.0 Å². The van der Waals surface area contributed by atoms with Crippen molar-refractivity contribution in [3.05, 3.63) is 40.1 Å². The second-order valence-electron chi connectivity index (χ2n) is 4.11. The zero-order valence-electron chi connectivity index (χ0n) is 11.2. The molecule has 0 amide bonds. The smallest absolute Gasteiger partial charge is 0.413 e. The van der Waals surface area contributed by atoms with Gasteiger partial charge in [-0.1, -0.05) is 35.6 Å². The molecule has 0 radical (unpaired) electrons. The Labute approximate surface area is 123 Å². The molecule has 0 aliphatic rings. The van der Waals surface area contributed by atoms with Gasteiger partial charge in [0.1, 0.15) is 5.75 Å². The first kappa shape index (κ1) is 14.3. The van der Waals surface area contributed by atoms with Crippen LogP contribution in [0.15, 0.2) is 39.5 Å². The summed E-state index contributed by atoms with van der Waals surface area (Å²) in [4.78, 5) is 11.0. The predicted molar refractivity (Wildman–Crippen MR) is 80.1 cm³/mol. The van der Waals surface area contributed by atoms with Gasteiger partial charge >= 0.3 is 12.8 Å². The van der Waals surface area contributed by atoms with Crippen molar-refractivity contribution in [1.82, 2.24) is 0 Å². The summed E-state index contributed by atoms with van der Waals surface area (Å²) in [6.07, 6.45) is 0. The maximum atomic E-state index is 12.2. The highest BCUT2D eigenvalue weighted by atomic mass is 32.1. The number of hydrogen-bond acceptors (Lipinski definition) is 7. The minimum absolute atomic E-state index is 0.308. The van der Waals surface area contributed by atoms with Gasteiger partial charge in [-0.15, -0.1) is 0 Å². The molecule has 3 aromatic rings. The van der Waals surface area contributed by atoms with Crippen molar-refractivity contribution in [3.63, 3.8) is 0 Å². The van der Waals surface area contributed by atoms with Crippen molar-refractivity contribution < 1.29 is 22.6 Å². The number of benzene rings is 2. The van der Waals surface area contributed by atoms with Crippen LogP contribution in [0.5, 0.6) is 5.75 Å². The van der Waals surface area contributed by atoms with Crippen molar-refractivity contribution in [2.45, 2.75) is 0 Å². The Bertz CT molecular complexity index is 904. The van der Waals surface area contributed by atoms with Crippen molar-refractivity contribution in [3.8, 4) is 5.75 Å². The predicted octanol–water partition coefficient (Wildman–Crippen LogP) is 3.79. The lowest BCUT2D eigenvalue weighted by molar-refractivity contribution is 0.212. The molecule has 0 spiro atoms. The second kappa shape index (κ2) is 5.27. The van der Waals surface area contributed by atoms with Crippen molar-refractivity contribution >= 4 is 40.2 Å². The lowest BCUT2D eigenvalue weighted by Gasteiger charge is -2.15. The van der Waals surface area contributed by atoms with Gasteiger partial charge in [0.05, 0.1) is 4.70 Å². The van der Waals surface area contributed by atoms with Gasteiger partial charge in [0, 0.05) is 31.1 Å². The third-order valence-electron chi connectivity index (χ3n) is 2.96. The molecule has 0 aliphatic heterocycles. The van der Waals surface area contributed by atoms with Crippen LogP contribution in [0.3, 0.4) is 0 Å². The first-order valence-corrected chi connectivity index (χ1v) is 8.20. The largest absolute Gasteiger partial charge is 0.529 e. The van der Waals surface area contributed by atoms with E-state index in [0.29, 0.717) is 26.8 Å². The number of fused-ring (bicyclic) bond motifs is 3. The SMILES string of the molecule is COP(=O)(OC)Oc1cc2sc(=O)oc2c2ccccc12. The van der Waals surface area contributed by atoms with Crippen LogP contribution in [0.25, 0.3) is 21.1 Å². The zero-order valence-corrected chi connectivity index (χ0v) is 12.9. The minimum atomic E-state index is -3.68. The summed E-state index contributed by atoms with van der Waals surface area (Å²) in [5, 5.41) is 1.35. The van der Waals surface area contributed by atoms with Crippen molar-refractivity contribution in [2.24, 2.45) is 0 Å². The number of hydrogen-bond donors (Lipinski definition) is 0. The molecule has 8 heteroatoms. The van der Waals surface area contributed by atoms with Gasteiger partial charge in [-0.2, -0.15) is 0 Å². The van der Waals surface area contributed by atoms with E-state index < -0.39 is 12.8 Å². The van der Waals surface area contributed by atoms with Crippen LogP contribution in [0, 0.1) is 0 Å². The Morgan fingerprint density at radius 2 is 1.81 bits per heavy atom. The number of phosphoric acid groups is 1. The van der Waals surface area contributed by atoms with E-state index >= 15 is 0 Å². The van der Waals surface area contributed by atoms with Crippen LogP contribution in [-0.4, -0.2) is 14.2 Å². The molecule has 0 saturated heterocycles. The minimum Gasteiger partial charge on any atom is -0.413 e. The Morgan fingerprint density at radius 1 is 1.14 bits per heavy atom. The fourth-order valence-corrected chi connectivity index (χ4v) is 3.42. The molecule has 2 aromatic carbocycles. The Kier molecular flexibility index (Phi) is 3.59. The molecule has 21 heavy (non-hydrogen) atoms. The molecule has 0 atom stereocenters. The normalized spacial score (nSPS) is 12.1. The molecule has 0 fully saturated rings. The molecule has 0 saturated carbocycles. The first-order valence-electron chi connectivity index (χ1n) is 5.93. The standard InChI is InChI=1S/C13H11O6PS/c1-16-20(15,17-2)19-10-7-11-12(18-13(14)21-11)9-6-4-3-5-8(9)10/h3-7H,1-2H3. The summed E-state index contributed by atoms with van der Waals surface area (Å²) in [6, 6.07) is 8.78. The molecule has 1 heterocycles. The maximum Gasteiger partial charge on any atom is 0.529 e. The van der Waals surface area contributed by atoms with E-state index in [1.807, 2.05) is 6.07 Å². The second-order valence-corrected chi connectivity index (χ2v) is 6.89. The highest BCUT2D eigenvalue weighted by molar-refractivity contribution is 7.48. The van der Waals surface area contributed by atoms with Crippen molar-refractivity contribution in [2.75, 3.05) is 14.2 Å². The average molecular weight is 326 g/mol. The highest BCUT2D eigenvalue weighted by Crippen LogP contribution is 2.50. The van der Waals surface area contributed by atoms with Crippen LogP contribution in [0.2, 0.25) is 0 Å². The summed E-state index contributed by atoms with van der Waals surface area (Å²) in [7, 11) is -1.21. The quantitative estimate of drug-likeness (QED) is 0.679. The summed E-state index contributed by atoms with van der Waals surface area (Å²) >= 11 is 0.949. The van der Waals surface area contributed by atoms with E-state index in [0.717, 1.165) is 11.3 Å². The molecule has 110 valence electrons. The van der Waals surface area contributed by atoms with Crippen LogP contribution in [-0.2, 0) is 13.6 Å². The topological polar surface area (TPSA) is 75.0 Å². The van der Waals surface area contributed by atoms with Crippen LogP contribution >= 0.6 is 19.2 Å². The van der Waals surface area contributed by atoms with Crippen molar-refractivity contribution in [1.29, 1.82) is 0 Å². The molecule has 0 unspecified atom stereocenters. The van der Waals surface area contributed by atoms with Gasteiger partial charge in [0.25, 0.3) is 0 Å². The molecule has 6 nitrogen and oxygen atoms in total. The van der Waals surface area contributed by atoms with Crippen LogP contribution in [0.1, 0.15) is 0 Å². The van der Waals surface area contributed by atoms with Gasteiger partial charge in [0.2, 0.25) is 0 Å². The summed E-state index contributed by atoms with van der Waals surface area (Å²) in [5.41, 5.74) is 0.484. The average Bonchev–Trinajstić information content (AvgIpc) is 2.88. The van der Waals surface area contributed by atoms with Gasteiger partial charge in [-0.3, -0.25) is 9.05 Å². The Morgan fingerprint density at radius 3 is 2.48 bits per heavy atom. The van der Waals surface area contributed by atoms with E-state index in [2.05, 4.69) is 0 Å². The summed E-state index contributed by atoms with van der Waals surface area (Å²) in [5.74, 6) is 0.308. The first-order chi connectivity index (χ1) is 10.1. The molecular weight excluding hydrogens is 315 g/mol. The molecular formula is C13H11O6PS. The molecule has 1 aromatic heterocycles. The lowest BCUT2D eigenvalue weighted by atomic mass is 10.1.